The lowest BCUT2D eigenvalue weighted by Crippen LogP contribution is -2.16. The first-order valence-corrected chi connectivity index (χ1v) is 8.69. The van der Waals surface area contributed by atoms with Crippen LogP contribution in [0.3, 0.4) is 0 Å². The number of anilines is 2. The molecule has 0 aromatic carbocycles. The van der Waals surface area contributed by atoms with E-state index in [1.54, 1.807) is 0 Å². The average Bonchev–Trinajstić information content (AvgIpc) is 3.24. The second-order valence-electron chi connectivity index (χ2n) is 6.75. The molecule has 3 rings (SSSR count). The first-order chi connectivity index (χ1) is 12.4. The lowest BCUT2D eigenvalue weighted by atomic mass is 10.1. The monoisotopic (exact) mass is 355 g/mol. The third-order valence-electron chi connectivity index (χ3n) is 3.90. The predicted octanol–water partition coefficient (Wildman–Crippen LogP) is 2.94. The summed E-state index contributed by atoms with van der Waals surface area (Å²) in [5.41, 5.74) is 2.46. The summed E-state index contributed by atoms with van der Waals surface area (Å²) in [6.07, 6.45) is 1.97. The van der Waals surface area contributed by atoms with Crippen LogP contribution in [-0.4, -0.2) is 45.5 Å². The van der Waals surface area contributed by atoms with Gasteiger partial charge in [0.25, 0.3) is 0 Å². The molecular formula is C18H25N7O. The smallest absolute Gasteiger partial charge is 0.227 e. The Morgan fingerprint density at radius 3 is 2.62 bits per heavy atom. The Hall–Kier alpha value is -2.90. The molecule has 3 heterocycles. The Bertz CT molecular complexity index is 866. The lowest BCUT2D eigenvalue weighted by molar-refractivity contribution is 0.373. The van der Waals surface area contributed by atoms with E-state index in [-0.39, 0.29) is 5.92 Å². The minimum absolute atomic E-state index is 0.279. The molecular weight excluding hydrogens is 330 g/mol. The molecule has 26 heavy (non-hydrogen) atoms. The topological polar surface area (TPSA) is 84.9 Å². The van der Waals surface area contributed by atoms with Crippen molar-refractivity contribution in [3.63, 3.8) is 0 Å². The van der Waals surface area contributed by atoms with Crippen molar-refractivity contribution in [2.24, 2.45) is 0 Å². The number of rotatable bonds is 7. The van der Waals surface area contributed by atoms with Crippen molar-refractivity contribution in [2.75, 3.05) is 30.9 Å². The molecule has 0 amide bonds. The number of hydrogen-bond acceptors (Lipinski definition) is 7. The van der Waals surface area contributed by atoms with Crippen LogP contribution in [0.15, 0.2) is 28.9 Å². The Balaban J connectivity index is 1.79. The molecule has 0 saturated heterocycles. The second-order valence-corrected chi connectivity index (χ2v) is 6.75. The van der Waals surface area contributed by atoms with Crippen LogP contribution in [0.1, 0.15) is 31.2 Å². The fourth-order valence-corrected chi connectivity index (χ4v) is 2.42. The molecule has 0 aliphatic carbocycles. The van der Waals surface area contributed by atoms with Crippen LogP contribution in [0.4, 0.5) is 11.8 Å². The van der Waals surface area contributed by atoms with Gasteiger partial charge in [0.2, 0.25) is 5.95 Å². The molecule has 0 spiro atoms. The molecule has 3 aromatic heterocycles. The molecule has 0 fully saturated rings. The Morgan fingerprint density at radius 1 is 1.19 bits per heavy atom. The van der Waals surface area contributed by atoms with Gasteiger partial charge in [-0.1, -0.05) is 19.0 Å². The van der Waals surface area contributed by atoms with Gasteiger partial charge >= 0.3 is 0 Å². The fourth-order valence-electron chi connectivity index (χ4n) is 2.42. The molecule has 0 radical (unpaired) electrons. The molecule has 3 aromatic rings. The third kappa shape index (κ3) is 4.19. The van der Waals surface area contributed by atoms with E-state index in [9.17, 15) is 0 Å². The summed E-state index contributed by atoms with van der Waals surface area (Å²) in [5.74, 6) is 2.49. The largest absolute Gasteiger partial charge is 0.368 e. The van der Waals surface area contributed by atoms with Gasteiger partial charge in [0.15, 0.2) is 0 Å². The van der Waals surface area contributed by atoms with Crippen LogP contribution in [0, 0.1) is 6.92 Å². The maximum Gasteiger partial charge on any atom is 0.227 e. The van der Waals surface area contributed by atoms with E-state index < -0.39 is 0 Å². The van der Waals surface area contributed by atoms with E-state index in [2.05, 4.69) is 39.4 Å². The van der Waals surface area contributed by atoms with Crippen molar-refractivity contribution in [2.45, 2.75) is 33.2 Å². The molecule has 1 N–H and O–H groups in total. The highest BCUT2D eigenvalue weighted by molar-refractivity contribution is 5.61. The van der Waals surface area contributed by atoms with Gasteiger partial charge < -0.3 is 14.7 Å². The zero-order valence-corrected chi connectivity index (χ0v) is 15.9. The average molecular weight is 355 g/mol. The zero-order chi connectivity index (χ0) is 18.7. The highest BCUT2D eigenvalue weighted by Gasteiger charge is 2.14. The standard InChI is InChI=1S/C18H25N7O/c1-12(2)16-10-15(23-26-16)14-11-17(21-18(20-14)24(4)5)19-7-9-25-8-6-13(3)22-25/h6,8,10-12H,7,9H2,1-5H3,(H,19,20,21). The molecule has 0 aliphatic rings. The quantitative estimate of drug-likeness (QED) is 0.697. The van der Waals surface area contributed by atoms with Crippen molar-refractivity contribution < 1.29 is 4.52 Å². The van der Waals surface area contributed by atoms with Crippen molar-refractivity contribution in [3.8, 4) is 11.4 Å². The van der Waals surface area contributed by atoms with Gasteiger partial charge in [-0.15, -0.1) is 0 Å². The normalized spacial score (nSPS) is 11.2. The van der Waals surface area contributed by atoms with E-state index in [0.717, 1.165) is 29.5 Å². The summed E-state index contributed by atoms with van der Waals surface area (Å²) in [6.45, 7) is 7.58. The molecule has 0 saturated carbocycles. The van der Waals surface area contributed by atoms with Crippen LogP contribution in [0.5, 0.6) is 0 Å². The predicted molar refractivity (Wildman–Crippen MR) is 101 cm³/mol. The zero-order valence-electron chi connectivity index (χ0n) is 15.9. The molecule has 0 unspecified atom stereocenters. The molecule has 138 valence electrons. The Kier molecular flexibility index (Phi) is 5.20. The van der Waals surface area contributed by atoms with Gasteiger partial charge in [-0.05, 0) is 13.0 Å². The van der Waals surface area contributed by atoms with E-state index >= 15 is 0 Å². The summed E-state index contributed by atoms with van der Waals surface area (Å²) < 4.78 is 7.31. The highest BCUT2D eigenvalue weighted by Crippen LogP contribution is 2.25. The van der Waals surface area contributed by atoms with Crippen LogP contribution in [0.25, 0.3) is 11.4 Å². The van der Waals surface area contributed by atoms with E-state index in [4.69, 9.17) is 4.52 Å². The van der Waals surface area contributed by atoms with Gasteiger partial charge in [0.05, 0.1) is 17.9 Å². The molecule has 0 atom stereocenters. The maximum atomic E-state index is 5.41. The van der Waals surface area contributed by atoms with Gasteiger partial charge in [-0.25, -0.2) is 4.98 Å². The molecule has 8 heteroatoms. The lowest BCUT2D eigenvalue weighted by Gasteiger charge is -2.13. The molecule has 8 nitrogen and oxygen atoms in total. The van der Waals surface area contributed by atoms with Crippen LogP contribution >= 0.6 is 0 Å². The SMILES string of the molecule is Cc1ccn(CCNc2cc(-c3cc(C(C)C)on3)nc(N(C)C)n2)n1. The van der Waals surface area contributed by atoms with Gasteiger partial charge in [-0.3, -0.25) is 4.68 Å². The van der Waals surface area contributed by atoms with E-state index in [1.807, 2.05) is 55.0 Å². The second kappa shape index (κ2) is 7.55. The molecule has 0 aliphatic heterocycles. The van der Waals surface area contributed by atoms with Crippen LogP contribution < -0.4 is 10.2 Å². The minimum Gasteiger partial charge on any atom is -0.368 e. The number of aromatic nitrogens is 5. The van der Waals surface area contributed by atoms with Crippen molar-refractivity contribution in [1.29, 1.82) is 0 Å². The number of nitrogens with zero attached hydrogens (tertiary/aromatic N) is 6. The highest BCUT2D eigenvalue weighted by atomic mass is 16.5. The summed E-state index contributed by atoms with van der Waals surface area (Å²) in [5, 5.41) is 11.9. The van der Waals surface area contributed by atoms with E-state index in [0.29, 0.717) is 18.2 Å². The Morgan fingerprint density at radius 2 is 2.00 bits per heavy atom. The summed E-state index contributed by atoms with van der Waals surface area (Å²) in [4.78, 5) is 11.0. The maximum absolute atomic E-state index is 5.41. The van der Waals surface area contributed by atoms with Crippen molar-refractivity contribution in [1.82, 2.24) is 24.9 Å². The minimum atomic E-state index is 0.279. The Labute approximate surface area is 153 Å². The first-order valence-electron chi connectivity index (χ1n) is 8.69. The number of nitrogens with one attached hydrogen (secondary N) is 1. The van der Waals surface area contributed by atoms with Crippen LogP contribution in [-0.2, 0) is 6.54 Å². The fraction of sp³-hybridized carbons (Fsp3) is 0.444. The summed E-state index contributed by atoms with van der Waals surface area (Å²) in [6, 6.07) is 5.82. The van der Waals surface area contributed by atoms with E-state index in [1.165, 1.54) is 0 Å². The molecule has 0 bridgehead atoms. The van der Waals surface area contributed by atoms with Gasteiger partial charge in [0, 0.05) is 44.9 Å². The first kappa shape index (κ1) is 17.9. The van der Waals surface area contributed by atoms with Gasteiger partial charge in [0.1, 0.15) is 17.3 Å². The van der Waals surface area contributed by atoms with Gasteiger partial charge in [-0.2, -0.15) is 10.1 Å². The van der Waals surface area contributed by atoms with Crippen molar-refractivity contribution >= 4 is 11.8 Å². The summed E-state index contributed by atoms with van der Waals surface area (Å²) in [7, 11) is 3.83. The summed E-state index contributed by atoms with van der Waals surface area (Å²) >= 11 is 0. The van der Waals surface area contributed by atoms with Crippen LogP contribution in [0.2, 0.25) is 0 Å². The number of aryl methyl sites for hydroxylation is 1. The third-order valence-corrected chi connectivity index (χ3v) is 3.90. The van der Waals surface area contributed by atoms with Crippen molar-refractivity contribution in [3.05, 3.63) is 35.9 Å². The number of hydrogen-bond donors (Lipinski definition) is 1.